The molecule has 0 spiro atoms. The van der Waals surface area contributed by atoms with Gasteiger partial charge in [0.2, 0.25) is 0 Å². The van der Waals surface area contributed by atoms with Gasteiger partial charge < -0.3 is 19.3 Å². The lowest BCUT2D eigenvalue weighted by molar-refractivity contribution is -0.137. The van der Waals surface area contributed by atoms with Gasteiger partial charge in [0, 0.05) is 23.1 Å². The van der Waals surface area contributed by atoms with Crippen molar-refractivity contribution in [3.05, 3.63) is 87.7 Å². The minimum absolute atomic E-state index is 0.0308. The van der Waals surface area contributed by atoms with Crippen molar-refractivity contribution < 1.29 is 28.5 Å². The van der Waals surface area contributed by atoms with E-state index in [0.29, 0.717) is 36.7 Å². The van der Waals surface area contributed by atoms with E-state index in [9.17, 15) is 4.79 Å². The van der Waals surface area contributed by atoms with E-state index in [0.717, 1.165) is 41.7 Å². The first-order valence-electron chi connectivity index (χ1n) is 13.2. The second-order valence-corrected chi connectivity index (χ2v) is 10.5. The maximum atomic E-state index is 15.3. The summed E-state index contributed by atoms with van der Waals surface area (Å²) in [5.74, 6) is -0.00811. The molecule has 2 aliphatic heterocycles. The Labute approximate surface area is 221 Å². The summed E-state index contributed by atoms with van der Waals surface area (Å²) in [7, 11) is 0. The molecule has 5 nitrogen and oxygen atoms in total. The first-order valence-corrected chi connectivity index (χ1v) is 13.2. The minimum Gasteiger partial charge on any atom is -0.492 e. The monoisotopic (exact) mass is 514 g/mol. The second-order valence-electron chi connectivity index (χ2n) is 10.5. The van der Waals surface area contributed by atoms with E-state index in [1.165, 1.54) is 22.3 Å². The van der Waals surface area contributed by atoms with Gasteiger partial charge in [0.25, 0.3) is 0 Å². The summed E-state index contributed by atoms with van der Waals surface area (Å²) < 4.78 is 32.8. The van der Waals surface area contributed by atoms with Crippen molar-refractivity contribution in [3.63, 3.8) is 0 Å². The molecule has 1 N–H and O–H groups in total. The zero-order valence-electron chi connectivity index (χ0n) is 21.7. The number of halogens is 1. The highest BCUT2D eigenvalue weighted by atomic mass is 19.1. The summed E-state index contributed by atoms with van der Waals surface area (Å²) in [6.07, 6.45) is 4.13. The molecule has 3 aromatic carbocycles. The number of hydrogen-bond donors (Lipinski definition) is 1. The van der Waals surface area contributed by atoms with Crippen LogP contribution in [0.1, 0.15) is 64.7 Å². The molecule has 0 saturated heterocycles. The summed E-state index contributed by atoms with van der Waals surface area (Å²) in [4.78, 5) is 11.1. The van der Waals surface area contributed by atoms with E-state index >= 15 is 4.39 Å². The molecule has 196 valence electrons. The number of aliphatic carboxylic acids is 1. The van der Waals surface area contributed by atoms with Crippen LogP contribution in [-0.4, -0.2) is 30.9 Å². The number of ether oxygens (including phenoxy) is 3. The van der Waals surface area contributed by atoms with Crippen molar-refractivity contribution >= 4 is 11.5 Å². The molecule has 3 aromatic rings. The van der Waals surface area contributed by atoms with Gasteiger partial charge in [-0.2, -0.15) is 0 Å². The van der Waals surface area contributed by atoms with Crippen molar-refractivity contribution in [2.45, 2.75) is 51.6 Å². The quantitative estimate of drug-likeness (QED) is 0.386. The van der Waals surface area contributed by atoms with Gasteiger partial charge in [-0.15, -0.1) is 0 Å². The van der Waals surface area contributed by atoms with E-state index in [2.05, 4.69) is 32.1 Å². The first-order chi connectivity index (χ1) is 18.4. The number of carboxylic acid groups (broad SMARTS) is 1. The van der Waals surface area contributed by atoms with Crippen molar-refractivity contribution in [2.24, 2.45) is 0 Å². The van der Waals surface area contributed by atoms with Gasteiger partial charge in [-0.1, -0.05) is 30.3 Å². The molecular formula is C32H31FO5. The van der Waals surface area contributed by atoms with Crippen LogP contribution in [0.3, 0.4) is 0 Å². The second kappa shape index (κ2) is 9.91. The lowest BCUT2D eigenvalue weighted by atomic mass is 9.87. The summed E-state index contributed by atoms with van der Waals surface area (Å²) in [6, 6.07) is 13.4. The lowest BCUT2D eigenvalue weighted by Crippen LogP contribution is -2.07. The standard InChI is InChI=1S/C32H31FO5/c1-18-13-21(20-9-11-36-12-10-20)14-19(2)31(18)25-5-7-27(33)32-26(25)6-8-28(32)38-23-3-4-24-22(15-30(34)35)17-37-29(24)16-23/h3-5,7,9,13-14,16,22,28H,6,8,10-12,15,17H2,1-2H3,(H,34,35)/t22-,28-/m1/s1. The van der Waals surface area contributed by atoms with Crippen molar-refractivity contribution in [1.29, 1.82) is 0 Å². The molecule has 2 heterocycles. The molecule has 6 heteroatoms. The molecule has 0 amide bonds. The Morgan fingerprint density at radius 1 is 1.11 bits per heavy atom. The summed E-state index contributed by atoms with van der Waals surface area (Å²) >= 11 is 0. The molecule has 38 heavy (non-hydrogen) atoms. The Balaban J connectivity index is 1.30. The largest absolute Gasteiger partial charge is 0.492 e. The number of hydrogen-bond acceptors (Lipinski definition) is 4. The Morgan fingerprint density at radius 3 is 2.66 bits per heavy atom. The van der Waals surface area contributed by atoms with Crippen LogP contribution >= 0.6 is 0 Å². The molecule has 1 aliphatic carbocycles. The fourth-order valence-electron chi connectivity index (χ4n) is 6.26. The maximum absolute atomic E-state index is 15.3. The van der Waals surface area contributed by atoms with Crippen LogP contribution < -0.4 is 9.47 Å². The van der Waals surface area contributed by atoms with E-state index < -0.39 is 12.1 Å². The summed E-state index contributed by atoms with van der Waals surface area (Å²) in [5.41, 5.74) is 9.66. The predicted octanol–water partition coefficient (Wildman–Crippen LogP) is 6.93. The van der Waals surface area contributed by atoms with E-state index in [4.69, 9.17) is 19.3 Å². The van der Waals surface area contributed by atoms with Crippen LogP contribution in [0.5, 0.6) is 11.5 Å². The highest BCUT2D eigenvalue weighted by Crippen LogP contribution is 2.45. The van der Waals surface area contributed by atoms with E-state index in [-0.39, 0.29) is 18.2 Å². The third-order valence-corrected chi connectivity index (χ3v) is 7.98. The molecule has 0 fully saturated rings. The Kier molecular flexibility index (Phi) is 6.44. The van der Waals surface area contributed by atoms with Crippen LogP contribution in [0.2, 0.25) is 0 Å². The van der Waals surface area contributed by atoms with Crippen LogP contribution in [0.15, 0.2) is 48.5 Å². The molecule has 6 rings (SSSR count). The zero-order chi connectivity index (χ0) is 26.4. The van der Waals surface area contributed by atoms with Gasteiger partial charge in [-0.05, 0) is 84.2 Å². The SMILES string of the molecule is Cc1cc(C2=CCOCC2)cc(C)c1-c1ccc(F)c2c1CC[C@H]2Oc1ccc2c(c1)OC[C@H]2CC(=O)O. The average Bonchev–Trinajstić information content (AvgIpc) is 3.50. The molecular weight excluding hydrogens is 483 g/mol. The molecule has 0 radical (unpaired) electrons. The van der Waals surface area contributed by atoms with Gasteiger partial charge in [-0.25, -0.2) is 4.39 Å². The first kappa shape index (κ1) is 24.7. The summed E-state index contributed by atoms with van der Waals surface area (Å²) in [6.45, 7) is 6.01. The normalized spacial score (nSPS) is 19.9. The van der Waals surface area contributed by atoms with Crippen LogP contribution in [0.4, 0.5) is 4.39 Å². The number of aryl methyl sites for hydroxylation is 2. The Hall–Kier alpha value is -3.64. The van der Waals surface area contributed by atoms with Crippen molar-refractivity contribution in [1.82, 2.24) is 0 Å². The lowest BCUT2D eigenvalue weighted by Gasteiger charge is -2.20. The highest BCUT2D eigenvalue weighted by molar-refractivity contribution is 5.79. The maximum Gasteiger partial charge on any atom is 0.304 e. The number of fused-ring (bicyclic) bond motifs is 2. The third kappa shape index (κ3) is 4.47. The van der Waals surface area contributed by atoms with Gasteiger partial charge in [0.1, 0.15) is 23.4 Å². The topological polar surface area (TPSA) is 65.0 Å². The molecule has 0 aromatic heterocycles. The van der Waals surface area contributed by atoms with Gasteiger partial charge in [0.15, 0.2) is 0 Å². The number of carboxylic acids is 1. The Bertz CT molecular complexity index is 1430. The Morgan fingerprint density at radius 2 is 1.92 bits per heavy atom. The molecule has 0 bridgehead atoms. The van der Waals surface area contributed by atoms with Gasteiger partial charge in [-0.3, -0.25) is 4.79 Å². The van der Waals surface area contributed by atoms with Crippen LogP contribution in [0.25, 0.3) is 16.7 Å². The molecule has 2 atom stereocenters. The molecule has 3 aliphatic rings. The van der Waals surface area contributed by atoms with Crippen LogP contribution in [0, 0.1) is 19.7 Å². The smallest absolute Gasteiger partial charge is 0.304 e. The van der Waals surface area contributed by atoms with Gasteiger partial charge >= 0.3 is 5.97 Å². The van der Waals surface area contributed by atoms with Crippen molar-refractivity contribution in [3.8, 4) is 22.6 Å². The number of rotatable bonds is 6. The number of benzene rings is 3. The molecule has 0 saturated carbocycles. The number of carbonyl (C=O) groups is 1. The third-order valence-electron chi connectivity index (χ3n) is 7.98. The zero-order valence-corrected chi connectivity index (χ0v) is 21.7. The van der Waals surface area contributed by atoms with E-state index in [1.807, 2.05) is 18.2 Å². The van der Waals surface area contributed by atoms with Crippen LogP contribution in [-0.2, 0) is 16.0 Å². The highest BCUT2D eigenvalue weighted by Gasteiger charge is 2.32. The fraction of sp³-hybridized carbons (Fsp3) is 0.344. The van der Waals surface area contributed by atoms with Gasteiger partial charge in [0.05, 0.1) is 26.2 Å². The summed E-state index contributed by atoms with van der Waals surface area (Å²) in [5, 5.41) is 9.15. The predicted molar refractivity (Wildman–Crippen MR) is 143 cm³/mol. The minimum atomic E-state index is -0.846. The average molecular weight is 515 g/mol. The van der Waals surface area contributed by atoms with Crippen molar-refractivity contribution in [2.75, 3.05) is 19.8 Å². The molecule has 0 unspecified atom stereocenters. The van der Waals surface area contributed by atoms with E-state index in [1.54, 1.807) is 12.1 Å². The fourth-order valence-corrected chi connectivity index (χ4v) is 6.26.